The first-order chi connectivity index (χ1) is 13.1. The second-order valence-corrected chi connectivity index (χ2v) is 6.96. The van der Waals surface area contributed by atoms with Crippen molar-refractivity contribution >= 4 is 29.9 Å². The minimum atomic E-state index is -0.593. The van der Waals surface area contributed by atoms with E-state index in [0.29, 0.717) is 30.4 Å². The summed E-state index contributed by atoms with van der Waals surface area (Å²) >= 11 is 0. The van der Waals surface area contributed by atoms with Crippen LogP contribution in [0.25, 0.3) is 0 Å². The summed E-state index contributed by atoms with van der Waals surface area (Å²) in [4.78, 5) is 24.3. The van der Waals surface area contributed by atoms with Crippen molar-refractivity contribution in [1.82, 2.24) is 5.32 Å². The first-order valence-corrected chi connectivity index (χ1v) is 9.31. The third-order valence-electron chi connectivity index (χ3n) is 4.81. The van der Waals surface area contributed by atoms with Gasteiger partial charge in [-0.05, 0) is 43.7 Å². The molecular formula is C19H28ClN3O5. The monoisotopic (exact) mass is 413 g/mol. The van der Waals surface area contributed by atoms with Gasteiger partial charge in [-0.15, -0.1) is 12.4 Å². The van der Waals surface area contributed by atoms with Gasteiger partial charge in [0.1, 0.15) is 0 Å². The van der Waals surface area contributed by atoms with E-state index >= 15 is 0 Å². The SMILES string of the molecule is COc1ccc(NC(=O)C(N)C2CCOCC2)cc1OCC(=O)NC1CC1.Cl. The molecule has 0 aromatic heterocycles. The Morgan fingerprint density at radius 3 is 2.57 bits per heavy atom. The number of anilines is 1. The number of rotatable bonds is 8. The standard InChI is InChI=1S/C19H27N3O5.ClH/c1-25-15-5-4-14(10-16(15)27-11-17(23)21-13-2-3-13)22-19(24)18(20)12-6-8-26-9-7-12;/h4-5,10,12-13,18H,2-3,6-9,11,20H2,1H3,(H,21,23)(H,22,24);1H. The predicted octanol–water partition coefficient (Wildman–Crippen LogP) is 1.47. The number of halogens is 1. The molecule has 1 atom stereocenters. The number of ether oxygens (including phenoxy) is 3. The maximum absolute atomic E-state index is 12.5. The molecule has 2 aliphatic rings. The molecule has 1 aromatic rings. The number of methoxy groups -OCH3 is 1. The van der Waals surface area contributed by atoms with Crippen LogP contribution in [0, 0.1) is 5.92 Å². The van der Waals surface area contributed by atoms with Crippen molar-refractivity contribution in [1.29, 1.82) is 0 Å². The van der Waals surface area contributed by atoms with Crippen LogP contribution in [0.15, 0.2) is 18.2 Å². The minimum absolute atomic E-state index is 0. The Morgan fingerprint density at radius 2 is 1.93 bits per heavy atom. The molecule has 9 heteroatoms. The van der Waals surface area contributed by atoms with Gasteiger partial charge in [-0.25, -0.2) is 0 Å². The van der Waals surface area contributed by atoms with Gasteiger partial charge in [0.15, 0.2) is 18.1 Å². The largest absolute Gasteiger partial charge is 0.493 e. The van der Waals surface area contributed by atoms with Gasteiger partial charge in [0.2, 0.25) is 5.91 Å². The zero-order valence-corrected chi connectivity index (χ0v) is 16.8. The van der Waals surface area contributed by atoms with Crippen LogP contribution >= 0.6 is 12.4 Å². The molecule has 8 nitrogen and oxygen atoms in total. The molecule has 28 heavy (non-hydrogen) atoms. The fraction of sp³-hybridized carbons (Fsp3) is 0.579. The number of benzene rings is 1. The molecule has 1 aliphatic carbocycles. The van der Waals surface area contributed by atoms with Crippen molar-refractivity contribution in [3.63, 3.8) is 0 Å². The quantitative estimate of drug-likeness (QED) is 0.595. The Bertz CT molecular complexity index is 678. The fourth-order valence-electron chi connectivity index (χ4n) is 3.02. The smallest absolute Gasteiger partial charge is 0.258 e. The molecule has 4 N–H and O–H groups in total. The van der Waals surface area contributed by atoms with Crippen LogP contribution in [0.3, 0.4) is 0 Å². The summed E-state index contributed by atoms with van der Waals surface area (Å²) < 4.78 is 16.2. The van der Waals surface area contributed by atoms with Gasteiger partial charge in [-0.2, -0.15) is 0 Å². The summed E-state index contributed by atoms with van der Waals surface area (Å²) in [6, 6.07) is 4.72. The summed E-state index contributed by atoms with van der Waals surface area (Å²) in [6.45, 7) is 1.16. The molecule has 0 spiro atoms. The summed E-state index contributed by atoms with van der Waals surface area (Å²) in [7, 11) is 1.52. The van der Waals surface area contributed by atoms with Crippen molar-refractivity contribution in [3.8, 4) is 11.5 Å². The highest BCUT2D eigenvalue weighted by atomic mass is 35.5. The topological polar surface area (TPSA) is 112 Å². The predicted molar refractivity (Wildman–Crippen MR) is 107 cm³/mol. The van der Waals surface area contributed by atoms with Crippen LogP contribution < -0.4 is 25.8 Å². The van der Waals surface area contributed by atoms with E-state index in [1.54, 1.807) is 18.2 Å². The highest BCUT2D eigenvalue weighted by Gasteiger charge is 2.27. The molecular weight excluding hydrogens is 386 g/mol. The summed E-state index contributed by atoms with van der Waals surface area (Å²) in [5, 5.41) is 5.68. The van der Waals surface area contributed by atoms with Gasteiger partial charge in [-0.1, -0.05) is 0 Å². The number of hydrogen-bond acceptors (Lipinski definition) is 6. The van der Waals surface area contributed by atoms with E-state index in [2.05, 4.69) is 10.6 Å². The van der Waals surface area contributed by atoms with E-state index in [1.165, 1.54) is 7.11 Å². The van der Waals surface area contributed by atoms with Gasteiger partial charge in [0, 0.05) is 31.0 Å². The highest BCUT2D eigenvalue weighted by molar-refractivity contribution is 5.95. The van der Waals surface area contributed by atoms with Gasteiger partial charge >= 0.3 is 0 Å². The maximum Gasteiger partial charge on any atom is 0.258 e. The Hall–Kier alpha value is -2.03. The van der Waals surface area contributed by atoms with E-state index in [1.807, 2.05) is 0 Å². The fourth-order valence-corrected chi connectivity index (χ4v) is 3.02. The number of nitrogens with two attached hydrogens (primary N) is 1. The third-order valence-corrected chi connectivity index (χ3v) is 4.81. The molecule has 1 aliphatic heterocycles. The Morgan fingerprint density at radius 1 is 1.21 bits per heavy atom. The molecule has 1 unspecified atom stereocenters. The molecule has 1 saturated heterocycles. The van der Waals surface area contributed by atoms with E-state index < -0.39 is 6.04 Å². The van der Waals surface area contributed by atoms with Crippen LogP contribution in [0.2, 0.25) is 0 Å². The molecule has 1 aromatic carbocycles. The average Bonchev–Trinajstić information content (AvgIpc) is 3.50. The second kappa shape index (κ2) is 10.5. The minimum Gasteiger partial charge on any atom is -0.493 e. The van der Waals surface area contributed by atoms with Gasteiger partial charge in [0.25, 0.3) is 5.91 Å². The number of carbonyl (C=O) groups excluding carboxylic acids is 2. The molecule has 0 radical (unpaired) electrons. The van der Waals surface area contributed by atoms with Crippen molar-refractivity contribution in [2.45, 2.75) is 37.8 Å². The van der Waals surface area contributed by atoms with E-state index in [4.69, 9.17) is 19.9 Å². The molecule has 2 fully saturated rings. The number of nitrogens with one attached hydrogen (secondary N) is 2. The number of amides is 2. The van der Waals surface area contributed by atoms with Crippen molar-refractivity contribution in [2.75, 3.05) is 32.2 Å². The Balaban J connectivity index is 0.00000280. The zero-order valence-electron chi connectivity index (χ0n) is 15.9. The molecule has 0 bridgehead atoms. The van der Waals surface area contributed by atoms with Crippen LogP contribution in [0.5, 0.6) is 11.5 Å². The van der Waals surface area contributed by atoms with Crippen LogP contribution in [0.1, 0.15) is 25.7 Å². The second-order valence-electron chi connectivity index (χ2n) is 6.96. The van der Waals surface area contributed by atoms with Gasteiger partial charge < -0.3 is 30.6 Å². The van der Waals surface area contributed by atoms with E-state index in [-0.39, 0.29) is 42.8 Å². The summed E-state index contributed by atoms with van der Waals surface area (Å²) in [5.74, 6) is 0.570. The molecule has 156 valence electrons. The lowest BCUT2D eigenvalue weighted by Gasteiger charge is -2.26. The lowest BCUT2D eigenvalue weighted by Crippen LogP contribution is -2.44. The summed E-state index contributed by atoms with van der Waals surface area (Å²) in [6.07, 6.45) is 3.59. The normalized spacial score (nSPS) is 17.8. The molecule has 1 heterocycles. The van der Waals surface area contributed by atoms with Crippen LogP contribution in [-0.2, 0) is 14.3 Å². The van der Waals surface area contributed by atoms with Crippen LogP contribution in [-0.4, -0.2) is 50.8 Å². The first-order valence-electron chi connectivity index (χ1n) is 9.31. The zero-order chi connectivity index (χ0) is 19.2. The van der Waals surface area contributed by atoms with Crippen molar-refractivity contribution < 1.29 is 23.8 Å². The lowest BCUT2D eigenvalue weighted by molar-refractivity contribution is -0.123. The van der Waals surface area contributed by atoms with Crippen molar-refractivity contribution in [3.05, 3.63) is 18.2 Å². The third kappa shape index (κ3) is 6.25. The Labute approximate surface area is 170 Å². The maximum atomic E-state index is 12.5. The molecule has 3 rings (SSSR count). The van der Waals surface area contributed by atoms with E-state index in [9.17, 15) is 9.59 Å². The lowest BCUT2D eigenvalue weighted by atomic mass is 9.92. The Kier molecular flexibility index (Phi) is 8.35. The van der Waals surface area contributed by atoms with Gasteiger partial charge in [0.05, 0.1) is 13.2 Å². The van der Waals surface area contributed by atoms with Crippen LogP contribution in [0.4, 0.5) is 5.69 Å². The number of hydrogen-bond donors (Lipinski definition) is 3. The molecule has 2 amide bonds. The highest BCUT2D eigenvalue weighted by Crippen LogP contribution is 2.30. The molecule has 1 saturated carbocycles. The number of carbonyl (C=O) groups is 2. The average molecular weight is 414 g/mol. The summed E-state index contributed by atoms with van der Waals surface area (Å²) in [5.41, 5.74) is 6.65. The first kappa shape index (κ1) is 22.3. The van der Waals surface area contributed by atoms with Gasteiger partial charge in [-0.3, -0.25) is 9.59 Å². The van der Waals surface area contributed by atoms with E-state index in [0.717, 1.165) is 25.7 Å². The van der Waals surface area contributed by atoms with Crippen molar-refractivity contribution in [2.24, 2.45) is 11.7 Å².